The number of hydrogen-bond donors (Lipinski definition) is 1. The normalized spacial score (nSPS) is 12.3. The van der Waals surface area contributed by atoms with Crippen molar-refractivity contribution in [3.05, 3.63) is 35.3 Å². The van der Waals surface area contributed by atoms with Crippen molar-refractivity contribution >= 4 is 5.69 Å². The number of methoxy groups -OCH3 is 1. The summed E-state index contributed by atoms with van der Waals surface area (Å²) < 4.78 is 6.96. The average Bonchev–Trinajstić information content (AvgIpc) is 2.64. The molecule has 0 spiro atoms. The molecule has 0 bridgehead atoms. The molecule has 0 amide bonds. The number of rotatable bonds is 4. The van der Waals surface area contributed by atoms with E-state index >= 15 is 0 Å². The molecule has 2 aromatic rings. The van der Waals surface area contributed by atoms with Crippen LogP contribution < -0.4 is 10.1 Å². The first kappa shape index (κ1) is 13.4. The van der Waals surface area contributed by atoms with Gasteiger partial charge in [0.1, 0.15) is 0 Å². The summed E-state index contributed by atoms with van der Waals surface area (Å²) >= 11 is 0. The van der Waals surface area contributed by atoms with Gasteiger partial charge in [-0.2, -0.15) is 5.10 Å². The van der Waals surface area contributed by atoms with Crippen molar-refractivity contribution in [2.45, 2.75) is 26.8 Å². The van der Waals surface area contributed by atoms with E-state index in [1.165, 1.54) is 11.3 Å². The summed E-state index contributed by atoms with van der Waals surface area (Å²) in [7, 11) is 3.58. The van der Waals surface area contributed by atoms with Gasteiger partial charge in [-0.1, -0.05) is 0 Å². The van der Waals surface area contributed by atoms with Crippen LogP contribution in [0, 0.1) is 13.8 Å². The van der Waals surface area contributed by atoms with Crippen molar-refractivity contribution in [1.29, 1.82) is 0 Å². The molecule has 102 valence electrons. The highest BCUT2D eigenvalue weighted by atomic mass is 16.5. The minimum Gasteiger partial charge on any atom is -0.481 e. The third-order valence-electron chi connectivity index (χ3n) is 3.33. The fraction of sp³-hybridized carbons (Fsp3) is 0.429. The highest BCUT2D eigenvalue weighted by molar-refractivity contribution is 5.45. The van der Waals surface area contributed by atoms with E-state index in [-0.39, 0.29) is 6.04 Å². The Bertz CT molecular complexity index is 560. The van der Waals surface area contributed by atoms with Gasteiger partial charge in [-0.15, -0.1) is 0 Å². The largest absolute Gasteiger partial charge is 0.481 e. The highest BCUT2D eigenvalue weighted by Crippen LogP contribution is 2.24. The van der Waals surface area contributed by atoms with Gasteiger partial charge in [0.25, 0.3) is 0 Å². The van der Waals surface area contributed by atoms with Crippen LogP contribution in [-0.2, 0) is 7.05 Å². The molecular formula is C14H20N4O. The van der Waals surface area contributed by atoms with Gasteiger partial charge in [0.15, 0.2) is 0 Å². The first-order valence-corrected chi connectivity index (χ1v) is 6.29. The van der Waals surface area contributed by atoms with Crippen LogP contribution in [0.5, 0.6) is 5.88 Å². The van der Waals surface area contributed by atoms with Crippen LogP contribution in [0.2, 0.25) is 0 Å². The molecule has 0 aromatic carbocycles. The van der Waals surface area contributed by atoms with Crippen LogP contribution in [0.1, 0.15) is 29.9 Å². The van der Waals surface area contributed by atoms with Gasteiger partial charge in [0.05, 0.1) is 30.7 Å². The maximum Gasteiger partial charge on any atom is 0.213 e. The SMILES string of the molecule is COc1ccc(NC(C)c2c(C)nn(C)c2C)cn1. The molecule has 1 atom stereocenters. The maximum absolute atomic E-state index is 5.05. The van der Waals surface area contributed by atoms with Crippen molar-refractivity contribution in [3.8, 4) is 5.88 Å². The average molecular weight is 260 g/mol. The van der Waals surface area contributed by atoms with Crippen LogP contribution in [0.4, 0.5) is 5.69 Å². The molecule has 0 fully saturated rings. The molecule has 0 saturated carbocycles. The van der Waals surface area contributed by atoms with Gasteiger partial charge < -0.3 is 10.1 Å². The Morgan fingerprint density at radius 1 is 1.32 bits per heavy atom. The van der Waals surface area contributed by atoms with Crippen molar-refractivity contribution in [2.24, 2.45) is 7.05 Å². The van der Waals surface area contributed by atoms with E-state index in [0.717, 1.165) is 11.4 Å². The van der Waals surface area contributed by atoms with E-state index in [9.17, 15) is 0 Å². The molecule has 5 heteroatoms. The third-order valence-corrected chi connectivity index (χ3v) is 3.33. The molecule has 0 aliphatic heterocycles. The third kappa shape index (κ3) is 2.70. The van der Waals surface area contributed by atoms with Crippen LogP contribution in [0.25, 0.3) is 0 Å². The Labute approximate surface area is 113 Å². The Balaban J connectivity index is 2.18. The van der Waals surface area contributed by atoms with Crippen molar-refractivity contribution in [3.63, 3.8) is 0 Å². The second-order valence-electron chi connectivity index (χ2n) is 4.66. The molecule has 1 N–H and O–H groups in total. The Kier molecular flexibility index (Phi) is 3.74. The van der Waals surface area contributed by atoms with Gasteiger partial charge in [-0.25, -0.2) is 4.98 Å². The van der Waals surface area contributed by atoms with E-state index in [4.69, 9.17) is 4.74 Å². The number of nitrogens with zero attached hydrogens (tertiary/aromatic N) is 3. The monoisotopic (exact) mass is 260 g/mol. The van der Waals surface area contributed by atoms with Crippen molar-refractivity contribution in [2.75, 3.05) is 12.4 Å². The topological polar surface area (TPSA) is 52.0 Å². The number of aromatic nitrogens is 3. The van der Waals surface area contributed by atoms with E-state index in [1.807, 2.05) is 30.8 Å². The van der Waals surface area contributed by atoms with Gasteiger partial charge in [0.2, 0.25) is 5.88 Å². The summed E-state index contributed by atoms with van der Waals surface area (Å²) in [6, 6.07) is 3.99. The lowest BCUT2D eigenvalue weighted by molar-refractivity contribution is 0.398. The molecule has 2 heterocycles. The molecular weight excluding hydrogens is 240 g/mol. The summed E-state index contributed by atoms with van der Waals surface area (Å²) in [5.74, 6) is 0.618. The van der Waals surface area contributed by atoms with Crippen molar-refractivity contribution < 1.29 is 4.74 Å². The van der Waals surface area contributed by atoms with E-state index in [0.29, 0.717) is 5.88 Å². The summed E-state index contributed by atoms with van der Waals surface area (Å²) in [5, 5.41) is 7.87. The predicted octanol–water partition coefficient (Wildman–Crippen LogP) is 2.61. The predicted molar refractivity (Wildman–Crippen MR) is 75.5 cm³/mol. The van der Waals surface area contributed by atoms with Crippen LogP contribution >= 0.6 is 0 Å². The summed E-state index contributed by atoms with van der Waals surface area (Å²) in [5.41, 5.74) is 4.44. The quantitative estimate of drug-likeness (QED) is 0.918. The summed E-state index contributed by atoms with van der Waals surface area (Å²) in [6.07, 6.45) is 1.77. The molecule has 2 rings (SSSR count). The fourth-order valence-electron chi connectivity index (χ4n) is 2.33. The Hall–Kier alpha value is -2.04. The van der Waals surface area contributed by atoms with E-state index in [2.05, 4.69) is 29.2 Å². The van der Waals surface area contributed by atoms with E-state index < -0.39 is 0 Å². The second kappa shape index (κ2) is 5.30. The molecule has 2 aromatic heterocycles. The fourth-order valence-corrected chi connectivity index (χ4v) is 2.33. The first-order valence-electron chi connectivity index (χ1n) is 6.29. The van der Waals surface area contributed by atoms with Crippen LogP contribution in [0.15, 0.2) is 18.3 Å². The van der Waals surface area contributed by atoms with E-state index in [1.54, 1.807) is 13.3 Å². The molecule has 0 saturated heterocycles. The molecule has 0 radical (unpaired) electrons. The summed E-state index contributed by atoms with van der Waals surface area (Å²) in [6.45, 7) is 6.24. The molecule has 0 aliphatic rings. The first-order chi connectivity index (χ1) is 9.02. The Morgan fingerprint density at radius 2 is 2.05 bits per heavy atom. The molecule has 0 aliphatic carbocycles. The van der Waals surface area contributed by atoms with Crippen molar-refractivity contribution in [1.82, 2.24) is 14.8 Å². The van der Waals surface area contributed by atoms with Gasteiger partial charge >= 0.3 is 0 Å². The molecule has 5 nitrogen and oxygen atoms in total. The van der Waals surface area contributed by atoms with Crippen LogP contribution in [0.3, 0.4) is 0 Å². The number of anilines is 1. The lowest BCUT2D eigenvalue weighted by Gasteiger charge is -2.16. The number of pyridine rings is 1. The lowest BCUT2D eigenvalue weighted by atomic mass is 10.1. The highest BCUT2D eigenvalue weighted by Gasteiger charge is 2.16. The number of hydrogen-bond acceptors (Lipinski definition) is 4. The standard InChI is InChI=1S/C14H20N4O/c1-9(14-10(2)17-18(4)11(14)3)16-12-6-7-13(19-5)15-8-12/h6-9,16H,1-5H3. The number of ether oxygens (including phenoxy) is 1. The molecule has 1 unspecified atom stereocenters. The number of aryl methyl sites for hydroxylation is 2. The minimum atomic E-state index is 0.184. The summed E-state index contributed by atoms with van der Waals surface area (Å²) in [4.78, 5) is 4.19. The van der Waals surface area contributed by atoms with Crippen LogP contribution in [-0.4, -0.2) is 21.9 Å². The second-order valence-corrected chi connectivity index (χ2v) is 4.66. The lowest BCUT2D eigenvalue weighted by Crippen LogP contribution is -2.09. The van der Waals surface area contributed by atoms with Gasteiger partial charge in [0, 0.05) is 24.4 Å². The number of nitrogens with one attached hydrogen (secondary N) is 1. The minimum absolute atomic E-state index is 0.184. The van der Waals surface area contributed by atoms with Gasteiger partial charge in [-0.05, 0) is 26.8 Å². The van der Waals surface area contributed by atoms with Gasteiger partial charge in [-0.3, -0.25) is 4.68 Å². The Morgan fingerprint density at radius 3 is 2.53 bits per heavy atom. The maximum atomic E-state index is 5.05. The zero-order chi connectivity index (χ0) is 14.0. The zero-order valence-electron chi connectivity index (χ0n) is 12.1. The smallest absolute Gasteiger partial charge is 0.213 e. The zero-order valence-corrected chi connectivity index (χ0v) is 12.1. The molecule has 19 heavy (non-hydrogen) atoms.